The minimum atomic E-state index is -0.0145. The number of nitrogens with zero attached hydrogens (tertiary/aromatic N) is 3. The Morgan fingerprint density at radius 3 is 2.81 bits per heavy atom. The third kappa shape index (κ3) is 6.10. The molecule has 0 spiro atoms. The van der Waals surface area contributed by atoms with E-state index < -0.39 is 0 Å². The SMILES string of the molecule is Cc1cccc(Sc2nccnc2N2CCC[C@@H](C(=O)NCCCc3ccccc3)C2)c1. The summed E-state index contributed by atoms with van der Waals surface area (Å²) in [5, 5.41) is 4.04. The maximum absolute atomic E-state index is 12.8. The van der Waals surface area contributed by atoms with Gasteiger partial charge in [-0.25, -0.2) is 9.97 Å². The molecule has 0 bridgehead atoms. The molecule has 5 nitrogen and oxygen atoms in total. The van der Waals surface area contributed by atoms with Crippen molar-refractivity contribution < 1.29 is 4.79 Å². The molecule has 1 aliphatic heterocycles. The van der Waals surface area contributed by atoms with Crippen molar-refractivity contribution in [2.24, 2.45) is 5.92 Å². The Morgan fingerprint density at radius 1 is 1.12 bits per heavy atom. The molecular formula is C26H30N4OS. The molecule has 1 N–H and O–H groups in total. The number of hydrogen-bond donors (Lipinski definition) is 1. The van der Waals surface area contributed by atoms with Crippen LogP contribution in [0.2, 0.25) is 0 Å². The smallest absolute Gasteiger partial charge is 0.224 e. The van der Waals surface area contributed by atoms with Crippen LogP contribution in [0.5, 0.6) is 0 Å². The molecule has 0 radical (unpaired) electrons. The molecule has 1 aromatic heterocycles. The molecule has 3 aromatic rings. The molecule has 1 amide bonds. The van der Waals surface area contributed by atoms with Gasteiger partial charge < -0.3 is 10.2 Å². The van der Waals surface area contributed by atoms with Crippen LogP contribution in [0, 0.1) is 12.8 Å². The van der Waals surface area contributed by atoms with Gasteiger partial charge in [-0.3, -0.25) is 4.79 Å². The van der Waals surface area contributed by atoms with Crippen LogP contribution < -0.4 is 10.2 Å². The van der Waals surface area contributed by atoms with Crippen LogP contribution in [0.1, 0.15) is 30.4 Å². The van der Waals surface area contributed by atoms with Crippen molar-refractivity contribution in [2.45, 2.75) is 42.5 Å². The van der Waals surface area contributed by atoms with Crippen LogP contribution in [0.3, 0.4) is 0 Å². The molecule has 166 valence electrons. The lowest BCUT2D eigenvalue weighted by atomic mass is 9.97. The first-order valence-electron chi connectivity index (χ1n) is 11.3. The topological polar surface area (TPSA) is 58.1 Å². The zero-order chi connectivity index (χ0) is 22.2. The minimum absolute atomic E-state index is 0.0145. The minimum Gasteiger partial charge on any atom is -0.356 e. The van der Waals surface area contributed by atoms with Gasteiger partial charge in [0.15, 0.2) is 5.82 Å². The number of piperidine rings is 1. The average Bonchev–Trinajstić information content (AvgIpc) is 2.83. The highest BCUT2D eigenvalue weighted by Gasteiger charge is 2.28. The number of aryl methyl sites for hydroxylation is 2. The summed E-state index contributed by atoms with van der Waals surface area (Å²) in [6.07, 6.45) is 7.31. The zero-order valence-electron chi connectivity index (χ0n) is 18.5. The summed E-state index contributed by atoms with van der Waals surface area (Å²) in [6.45, 7) is 4.39. The van der Waals surface area contributed by atoms with Crippen LogP contribution in [0.15, 0.2) is 76.9 Å². The number of benzene rings is 2. The number of hydrogen-bond acceptors (Lipinski definition) is 5. The average molecular weight is 447 g/mol. The molecule has 4 rings (SSSR count). The number of carbonyl (C=O) groups excluding carboxylic acids is 1. The summed E-state index contributed by atoms with van der Waals surface area (Å²) in [5.74, 6) is 1.01. The monoisotopic (exact) mass is 446 g/mol. The summed E-state index contributed by atoms with van der Waals surface area (Å²) in [7, 11) is 0. The summed E-state index contributed by atoms with van der Waals surface area (Å²) < 4.78 is 0. The zero-order valence-corrected chi connectivity index (χ0v) is 19.4. The van der Waals surface area contributed by atoms with Gasteiger partial charge in [0.1, 0.15) is 5.03 Å². The van der Waals surface area contributed by atoms with Gasteiger partial charge in [-0.2, -0.15) is 0 Å². The van der Waals surface area contributed by atoms with E-state index in [1.807, 2.05) is 6.07 Å². The normalized spacial score (nSPS) is 16.0. The van der Waals surface area contributed by atoms with E-state index in [1.54, 1.807) is 24.2 Å². The van der Waals surface area contributed by atoms with Crippen molar-refractivity contribution in [3.05, 3.63) is 78.1 Å². The van der Waals surface area contributed by atoms with E-state index in [0.717, 1.165) is 48.0 Å². The quantitative estimate of drug-likeness (QED) is 0.499. The van der Waals surface area contributed by atoms with Crippen LogP contribution in [-0.4, -0.2) is 35.5 Å². The van der Waals surface area contributed by atoms with Crippen molar-refractivity contribution in [1.29, 1.82) is 0 Å². The lowest BCUT2D eigenvalue weighted by molar-refractivity contribution is -0.125. The highest BCUT2D eigenvalue weighted by Crippen LogP contribution is 2.34. The lowest BCUT2D eigenvalue weighted by Gasteiger charge is -2.33. The van der Waals surface area contributed by atoms with E-state index in [-0.39, 0.29) is 11.8 Å². The summed E-state index contributed by atoms with van der Waals surface area (Å²) in [4.78, 5) is 25.4. The van der Waals surface area contributed by atoms with Crippen molar-refractivity contribution in [2.75, 3.05) is 24.5 Å². The molecule has 1 atom stereocenters. The fourth-order valence-corrected chi connectivity index (χ4v) is 5.08. The molecule has 2 heterocycles. The second-order valence-electron chi connectivity index (χ2n) is 8.27. The number of aromatic nitrogens is 2. The maximum atomic E-state index is 12.8. The standard InChI is InChI=1S/C26H30N4OS/c1-20-8-5-13-23(18-20)32-26-24(27-15-16-29-26)30-17-7-12-22(19-30)25(31)28-14-6-11-21-9-3-2-4-10-21/h2-5,8-10,13,15-16,18,22H,6-7,11-12,14,17,19H2,1H3,(H,28,31)/t22-/m1/s1. The maximum Gasteiger partial charge on any atom is 0.224 e. The predicted octanol–water partition coefficient (Wildman–Crippen LogP) is 4.90. The molecule has 0 unspecified atom stereocenters. The molecule has 1 fully saturated rings. The van der Waals surface area contributed by atoms with Gasteiger partial charge in [-0.1, -0.05) is 59.8 Å². The second-order valence-corrected chi connectivity index (χ2v) is 9.33. The van der Waals surface area contributed by atoms with E-state index in [2.05, 4.69) is 75.6 Å². The van der Waals surface area contributed by atoms with Gasteiger partial charge in [-0.05, 0) is 50.3 Å². The number of nitrogens with one attached hydrogen (secondary N) is 1. The van der Waals surface area contributed by atoms with Gasteiger partial charge in [0.2, 0.25) is 5.91 Å². The van der Waals surface area contributed by atoms with Crippen molar-refractivity contribution in [1.82, 2.24) is 15.3 Å². The third-order valence-electron chi connectivity index (χ3n) is 5.73. The first kappa shape index (κ1) is 22.3. The Bertz CT molecular complexity index is 1030. The van der Waals surface area contributed by atoms with Gasteiger partial charge in [0, 0.05) is 36.9 Å². The largest absolute Gasteiger partial charge is 0.356 e. The van der Waals surface area contributed by atoms with Crippen LogP contribution >= 0.6 is 11.8 Å². The van der Waals surface area contributed by atoms with Crippen LogP contribution in [0.4, 0.5) is 5.82 Å². The van der Waals surface area contributed by atoms with Gasteiger partial charge in [0.05, 0.1) is 5.92 Å². The molecule has 1 saturated heterocycles. The Hall–Kier alpha value is -2.86. The van der Waals surface area contributed by atoms with Crippen LogP contribution in [0.25, 0.3) is 0 Å². The van der Waals surface area contributed by atoms with E-state index >= 15 is 0 Å². The molecule has 6 heteroatoms. The van der Waals surface area contributed by atoms with E-state index in [4.69, 9.17) is 0 Å². The lowest BCUT2D eigenvalue weighted by Crippen LogP contribution is -2.43. The van der Waals surface area contributed by atoms with E-state index in [9.17, 15) is 4.79 Å². The third-order valence-corrected chi connectivity index (χ3v) is 6.70. The molecular weight excluding hydrogens is 416 g/mol. The van der Waals surface area contributed by atoms with Crippen LogP contribution in [-0.2, 0) is 11.2 Å². The Balaban J connectivity index is 1.34. The molecule has 1 aliphatic rings. The van der Waals surface area contributed by atoms with Gasteiger partial charge >= 0.3 is 0 Å². The summed E-state index contributed by atoms with van der Waals surface area (Å²) in [6, 6.07) is 18.8. The van der Waals surface area contributed by atoms with Crippen molar-refractivity contribution >= 4 is 23.5 Å². The Kier molecular flexibility index (Phi) is 7.77. The second kappa shape index (κ2) is 11.1. The molecule has 0 aliphatic carbocycles. The predicted molar refractivity (Wildman–Crippen MR) is 130 cm³/mol. The number of anilines is 1. The van der Waals surface area contributed by atoms with Gasteiger partial charge in [0.25, 0.3) is 0 Å². The van der Waals surface area contributed by atoms with E-state index in [1.165, 1.54) is 11.1 Å². The fraction of sp³-hybridized carbons (Fsp3) is 0.346. The highest BCUT2D eigenvalue weighted by atomic mass is 32.2. The Labute approximate surface area is 194 Å². The molecule has 0 saturated carbocycles. The summed E-state index contributed by atoms with van der Waals surface area (Å²) in [5.41, 5.74) is 2.54. The first-order valence-corrected chi connectivity index (χ1v) is 12.1. The fourth-order valence-electron chi connectivity index (χ4n) is 4.07. The number of amides is 1. The first-order chi connectivity index (χ1) is 15.7. The summed E-state index contributed by atoms with van der Waals surface area (Å²) >= 11 is 1.63. The number of rotatable bonds is 8. The highest BCUT2D eigenvalue weighted by molar-refractivity contribution is 7.99. The molecule has 2 aromatic carbocycles. The van der Waals surface area contributed by atoms with Gasteiger partial charge in [-0.15, -0.1) is 0 Å². The molecule has 32 heavy (non-hydrogen) atoms. The Morgan fingerprint density at radius 2 is 1.97 bits per heavy atom. The number of carbonyl (C=O) groups is 1. The van der Waals surface area contributed by atoms with Crippen molar-refractivity contribution in [3.63, 3.8) is 0 Å². The van der Waals surface area contributed by atoms with Crippen molar-refractivity contribution in [3.8, 4) is 0 Å². The van der Waals surface area contributed by atoms with E-state index in [0.29, 0.717) is 13.1 Å².